The predicted molar refractivity (Wildman–Crippen MR) is 100 cm³/mol. The molecule has 1 heterocycles. The van der Waals surface area contributed by atoms with E-state index in [1.165, 1.54) is 31.5 Å². The number of benzene rings is 1. The molecule has 2 rings (SSSR count). The van der Waals surface area contributed by atoms with Crippen LogP contribution in [-0.4, -0.2) is 82.0 Å². The minimum Gasteiger partial charge on any atom is -0.360 e. The normalized spacial score (nSPS) is 15.2. The van der Waals surface area contributed by atoms with Crippen molar-refractivity contribution in [3.8, 4) is 0 Å². The van der Waals surface area contributed by atoms with Crippen LogP contribution < -0.4 is 9.80 Å². The molecule has 6 heteroatoms. The van der Waals surface area contributed by atoms with Crippen molar-refractivity contribution in [1.29, 1.82) is 0 Å². The van der Waals surface area contributed by atoms with Crippen molar-refractivity contribution in [1.82, 2.24) is 9.80 Å². The summed E-state index contributed by atoms with van der Waals surface area (Å²) in [5, 5.41) is 0. The summed E-state index contributed by atoms with van der Waals surface area (Å²) in [7, 11) is 5.12. The van der Waals surface area contributed by atoms with Gasteiger partial charge in [0.15, 0.2) is 6.54 Å². The minimum absolute atomic E-state index is 0.0328. The van der Waals surface area contributed by atoms with Crippen LogP contribution in [0.5, 0.6) is 0 Å². The van der Waals surface area contributed by atoms with Gasteiger partial charge in [-0.25, -0.2) is 0 Å². The predicted octanol–water partition coefficient (Wildman–Crippen LogP) is -0.445. The number of amides is 2. The Morgan fingerprint density at radius 2 is 1.72 bits per heavy atom. The van der Waals surface area contributed by atoms with Gasteiger partial charge in [-0.05, 0) is 31.0 Å². The highest BCUT2D eigenvalue weighted by Gasteiger charge is 2.25. The molecule has 1 N–H and O–H groups in total. The number of anilines is 1. The van der Waals surface area contributed by atoms with Gasteiger partial charge in [-0.3, -0.25) is 9.59 Å². The summed E-state index contributed by atoms with van der Waals surface area (Å²) in [6.45, 7) is 8.70. The van der Waals surface area contributed by atoms with Gasteiger partial charge >= 0.3 is 0 Å². The van der Waals surface area contributed by atoms with E-state index in [1.807, 2.05) is 0 Å². The number of aryl methyl sites for hydroxylation is 1. The van der Waals surface area contributed by atoms with Gasteiger partial charge in [0, 0.05) is 26.8 Å². The number of likely N-dealkylation sites (N-methyl/N-ethyl adjacent to an activating group) is 2. The van der Waals surface area contributed by atoms with Crippen LogP contribution in [0.25, 0.3) is 0 Å². The summed E-state index contributed by atoms with van der Waals surface area (Å²) < 4.78 is 0. The Morgan fingerprint density at radius 3 is 2.32 bits per heavy atom. The Bertz CT molecular complexity index is 622. The van der Waals surface area contributed by atoms with Crippen molar-refractivity contribution >= 4 is 17.5 Å². The zero-order valence-electron chi connectivity index (χ0n) is 16.1. The first-order valence-electron chi connectivity index (χ1n) is 8.88. The Balaban J connectivity index is 1.85. The zero-order chi connectivity index (χ0) is 18.6. The average Bonchev–Trinajstić information content (AvgIpc) is 2.58. The van der Waals surface area contributed by atoms with Crippen LogP contribution in [0.3, 0.4) is 0 Å². The number of piperazine rings is 1. The molecule has 1 aliphatic heterocycles. The lowest BCUT2D eigenvalue weighted by Gasteiger charge is -2.35. The topological polar surface area (TPSA) is 48.3 Å². The fourth-order valence-electron chi connectivity index (χ4n) is 3.10. The molecule has 0 radical (unpaired) electrons. The molecule has 0 bridgehead atoms. The van der Waals surface area contributed by atoms with Gasteiger partial charge in [-0.1, -0.05) is 12.1 Å². The van der Waals surface area contributed by atoms with E-state index in [0.717, 1.165) is 26.2 Å². The summed E-state index contributed by atoms with van der Waals surface area (Å²) >= 11 is 0. The van der Waals surface area contributed by atoms with Gasteiger partial charge in [-0.15, -0.1) is 0 Å². The zero-order valence-corrected chi connectivity index (χ0v) is 16.1. The molecule has 0 spiro atoms. The van der Waals surface area contributed by atoms with E-state index >= 15 is 0 Å². The van der Waals surface area contributed by atoms with Crippen LogP contribution in [0.4, 0.5) is 5.69 Å². The summed E-state index contributed by atoms with van der Waals surface area (Å²) in [4.78, 5) is 30.8. The lowest BCUT2D eigenvalue weighted by molar-refractivity contribution is -0.892. The number of hydrogen-bond donors (Lipinski definition) is 1. The monoisotopic (exact) mass is 347 g/mol. The number of rotatable bonds is 5. The first-order valence-corrected chi connectivity index (χ1v) is 8.88. The van der Waals surface area contributed by atoms with Crippen molar-refractivity contribution in [2.75, 3.05) is 65.3 Å². The molecule has 0 aromatic heterocycles. The Hall–Kier alpha value is -2.08. The molecule has 1 aromatic carbocycles. The summed E-state index contributed by atoms with van der Waals surface area (Å²) in [5.41, 5.74) is 3.96. The number of carbonyl (C=O) groups excluding carboxylic acids is 2. The molecule has 25 heavy (non-hydrogen) atoms. The summed E-state index contributed by atoms with van der Waals surface area (Å²) in [6.07, 6.45) is 0. The lowest BCUT2D eigenvalue weighted by Crippen LogP contribution is -3.15. The number of hydrogen-bond acceptors (Lipinski definition) is 3. The minimum atomic E-state index is -0.0504. The van der Waals surface area contributed by atoms with Gasteiger partial charge in [0.25, 0.3) is 5.91 Å². The summed E-state index contributed by atoms with van der Waals surface area (Å²) in [5.74, 6) is -0.0176. The van der Waals surface area contributed by atoms with E-state index in [2.05, 4.69) is 36.9 Å². The number of nitrogens with zero attached hydrogens (tertiary/aromatic N) is 3. The van der Waals surface area contributed by atoms with Crippen molar-refractivity contribution in [2.45, 2.75) is 13.8 Å². The number of nitrogens with one attached hydrogen (secondary N) is 1. The molecule has 1 fully saturated rings. The maximum atomic E-state index is 12.3. The van der Waals surface area contributed by atoms with Crippen molar-refractivity contribution in [3.05, 3.63) is 29.3 Å². The molecule has 0 saturated carbocycles. The Kier molecular flexibility index (Phi) is 6.42. The Labute approximate surface area is 151 Å². The quantitative estimate of drug-likeness (QED) is 0.785. The van der Waals surface area contributed by atoms with Crippen LogP contribution in [0.1, 0.15) is 11.1 Å². The van der Waals surface area contributed by atoms with E-state index in [1.54, 1.807) is 21.1 Å². The molecule has 2 amide bonds. The van der Waals surface area contributed by atoms with Crippen LogP contribution >= 0.6 is 0 Å². The van der Waals surface area contributed by atoms with Crippen LogP contribution in [0.15, 0.2) is 18.2 Å². The Morgan fingerprint density at radius 1 is 1.08 bits per heavy atom. The average molecular weight is 347 g/mol. The molecule has 0 aliphatic carbocycles. The van der Waals surface area contributed by atoms with Gasteiger partial charge in [0.05, 0.1) is 32.7 Å². The molecular formula is C19H31N4O2+. The molecule has 1 aromatic rings. The van der Waals surface area contributed by atoms with Crippen LogP contribution in [0, 0.1) is 13.8 Å². The number of quaternary nitrogens is 1. The van der Waals surface area contributed by atoms with Crippen molar-refractivity contribution in [3.63, 3.8) is 0 Å². The summed E-state index contributed by atoms with van der Waals surface area (Å²) in [6, 6.07) is 6.43. The van der Waals surface area contributed by atoms with E-state index in [-0.39, 0.29) is 18.4 Å². The van der Waals surface area contributed by atoms with Crippen LogP contribution in [-0.2, 0) is 9.59 Å². The smallest absolute Gasteiger partial charge is 0.277 e. The van der Waals surface area contributed by atoms with Crippen molar-refractivity contribution in [2.24, 2.45) is 0 Å². The third kappa shape index (κ3) is 4.95. The van der Waals surface area contributed by atoms with E-state index in [0.29, 0.717) is 6.54 Å². The fourth-order valence-corrected chi connectivity index (χ4v) is 3.10. The maximum absolute atomic E-state index is 12.3. The first kappa shape index (κ1) is 19.2. The third-order valence-corrected chi connectivity index (χ3v) is 5.09. The second-order valence-corrected chi connectivity index (χ2v) is 7.17. The molecule has 1 aliphatic rings. The highest BCUT2D eigenvalue weighted by Crippen LogP contribution is 2.22. The second kappa shape index (κ2) is 8.34. The third-order valence-electron chi connectivity index (χ3n) is 5.09. The van der Waals surface area contributed by atoms with Gasteiger partial charge in [-0.2, -0.15) is 0 Å². The molecular weight excluding hydrogens is 316 g/mol. The molecule has 0 unspecified atom stereocenters. The standard InChI is InChI=1S/C19H30N4O2/c1-15-7-6-8-17(16(15)2)23-11-9-22(10-12-23)14-19(25)21(5)13-18(24)20(3)4/h6-8H,9-14H2,1-5H3/p+1. The molecule has 138 valence electrons. The van der Waals surface area contributed by atoms with Gasteiger partial charge in [0.2, 0.25) is 5.91 Å². The van der Waals surface area contributed by atoms with Crippen LogP contribution in [0.2, 0.25) is 0 Å². The fraction of sp³-hybridized carbons (Fsp3) is 0.579. The SMILES string of the molecule is Cc1cccc(N2CC[NH+](CC(=O)N(C)CC(=O)N(C)C)CC2)c1C. The van der Waals surface area contributed by atoms with Crippen molar-refractivity contribution < 1.29 is 14.5 Å². The molecule has 6 nitrogen and oxygen atoms in total. The van der Waals surface area contributed by atoms with E-state index in [4.69, 9.17) is 0 Å². The lowest BCUT2D eigenvalue weighted by atomic mass is 10.1. The molecule has 0 atom stereocenters. The van der Waals surface area contributed by atoms with E-state index in [9.17, 15) is 9.59 Å². The number of carbonyl (C=O) groups is 2. The first-order chi connectivity index (χ1) is 11.8. The van der Waals surface area contributed by atoms with Gasteiger partial charge < -0.3 is 19.6 Å². The highest BCUT2D eigenvalue weighted by atomic mass is 16.2. The van der Waals surface area contributed by atoms with E-state index < -0.39 is 0 Å². The largest absolute Gasteiger partial charge is 0.360 e. The second-order valence-electron chi connectivity index (χ2n) is 7.17. The molecule has 1 saturated heterocycles. The van der Waals surface area contributed by atoms with Gasteiger partial charge in [0.1, 0.15) is 0 Å². The maximum Gasteiger partial charge on any atom is 0.277 e. The highest BCUT2D eigenvalue weighted by molar-refractivity contribution is 5.84.